The van der Waals surface area contributed by atoms with Crippen molar-refractivity contribution in [3.63, 3.8) is 0 Å². The van der Waals surface area contributed by atoms with E-state index in [0.29, 0.717) is 11.6 Å². The van der Waals surface area contributed by atoms with Crippen molar-refractivity contribution < 1.29 is 9.53 Å². The van der Waals surface area contributed by atoms with Gasteiger partial charge in [0.05, 0.1) is 6.61 Å². The van der Waals surface area contributed by atoms with Gasteiger partial charge in [-0.3, -0.25) is 5.32 Å². The number of rotatable bonds is 3. The Bertz CT molecular complexity index is 352. The predicted octanol–water partition coefficient (Wildman–Crippen LogP) is 3.61. The van der Waals surface area contributed by atoms with E-state index in [0.717, 1.165) is 17.7 Å². The molecule has 0 aliphatic rings. The summed E-state index contributed by atoms with van der Waals surface area (Å²) in [6.07, 6.45) is 0.384. The van der Waals surface area contributed by atoms with Crippen LogP contribution in [0.1, 0.15) is 18.9 Å². The van der Waals surface area contributed by atoms with Crippen LogP contribution < -0.4 is 5.32 Å². The van der Waals surface area contributed by atoms with E-state index in [-0.39, 0.29) is 0 Å². The quantitative estimate of drug-likeness (QED) is 0.857. The van der Waals surface area contributed by atoms with Crippen LogP contribution in [-0.2, 0) is 4.74 Å². The number of carbonyl (C=O) groups is 1. The van der Waals surface area contributed by atoms with E-state index in [1.807, 2.05) is 13.8 Å². The van der Waals surface area contributed by atoms with Gasteiger partial charge >= 0.3 is 6.09 Å². The number of hydrogen-bond acceptors (Lipinski definition) is 2. The SMILES string of the molecule is CCCOC(=O)Nc1ccc(Cl)cc1C. The number of amides is 1. The van der Waals surface area contributed by atoms with Gasteiger partial charge in [-0.15, -0.1) is 0 Å². The summed E-state index contributed by atoms with van der Waals surface area (Å²) in [6, 6.07) is 5.27. The highest BCUT2D eigenvalue weighted by Gasteiger charge is 2.04. The molecule has 1 aromatic rings. The first-order valence-corrected chi connectivity index (χ1v) is 5.21. The topological polar surface area (TPSA) is 38.3 Å². The maximum absolute atomic E-state index is 11.2. The minimum Gasteiger partial charge on any atom is -0.449 e. The van der Waals surface area contributed by atoms with Gasteiger partial charge < -0.3 is 4.74 Å². The number of ether oxygens (including phenoxy) is 1. The Balaban J connectivity index is 2.60. The molecule has 1 amide bonds. The number of halogens is 1. The van der Waals surface area contributed by atoms with Gasteiger partial charge in [-0.2, -0.15) is 0 Å². The zero-order chi connectivity index (χ0) is 11.3. The molecule has 0 aliphatic heterocycles. The van der Waals surface area contributed by atoms with E-state index in [2.05, 4.69) is 5.32 Å². The lowest BCUT2D eigenvalue weighted by Crippen LogP contribution is -2.14. The standard InChI is InChI=1S/C11H14ClNO2/c1-3-6-15-11(14)13-10-5-4-9(12)7-8(10)2/h4-5,7H,3,6H2,1-2H3,(H,13,14). The molecule has 15 heavy (non-hydrogen) atoms. The zero-order valence-corrected chi connectivity index (χ0v) is 9.60. The molecule has 4 heteroatoms. The van der Waals surface area contributed by atoms with E-state index < -0.39 is 6.09 Å². The van der Waals surface area contributed by atoms with E-state index in [1.165, 1.54) is 0 Å². The van der Waals surface area contributed by atoms with Crippen LogP contribution in [0.3, 0.4) is 0 Å². The molecule has 0 unspecified atom stereocenters. The predicted molar refractivity (Wildman–Crippen MR) is 61.5 cm³/mol. The maximum atomic E-state index is 11.2. The summed E-state index contributed by atoms with van der Waals surface area (Å²) in [5.41, 5.74) is 1.64. The van der Waals surface area contributed by atoms with Crippen molar-refractivity contribution in [2.75, 3.05) is 11.9 Å². The van der Waals surface area contributed by atoms with Gasteiger partial charge in [-0.05, 0) is 37.1 Å². The molecule has 0 saturated carbocycles. The number of carbonyl (C=O) groups excluding carboxylic acids is 1. The number of benzene rings is 1. The fourth-order valence-corrected chi connectivity index (χ4v) is 1.33. The molecule has 1 aromatic carbocycles. The Hall–Kier alpha value is -1.22. The Morgan fingerprint density at radius 3 is 2.87 bits per heavy atom. The summed E-state index contributed by atoms with van der Waals surface area (Å²) >= 11 is 5.79. The molecule has 1 N–H and O–H groups in total. The average Bonchev–Trinajstić information content (AvgIpc) is 2.19. The Kier molecular flexibility index (Phi) is 4.43. The fraction of sp³-hybridized carbons (Fsp3) is 0.364. The Morgan fingerprint density at radius 2 is 2.27 bits per heavy atom. The molecule has 0 aliphatic carbocycles. The first-order chi connectivity index (χ1) is 7.13. The highest BCUT2D eigenvalue weighted by molar-refractivity contribution is 6.30. The summed E-state index contributed by atoms with van der Waals surface area (Å²) in [5, 5.41) is 3.31. The highest BCUT2D eigenvalue weighted by Crippen LogP contribution is 2.19. The van der Waals surface area contributed by atoms with Crippen molar-refractivity contribution in [2.45, 2.75) is 20.3 Å². The third-order valence-corrected chi connectivity index (χ3v) is 2.10. The summed E-state index contributed by atoms with van der Waals surface area (Å²) in [7, 11) is 0. The molecular formula is C11H14ClNO2. The van der Waals surface area contributed by atoms with Gasteiger partial charge in [0, 0.05) is 10.7 Å². The van der Waals surface area contributed by atoms with Crippen molar-refractivity contribution in [3.05, 3.63) is 28.8 Å². The van der Waals surface area contributed by atoms with Crippen molar-refractivity contribution in [1.29, 1.82) is 0 Å². The monoisotopic (exact) mass is 227 g/mol. The lowest BCUT2D eigenvalue weighted by atomic mass is 10.2. The van der Waals surface area contributed by atoms with Crippen LogP contribution in [0.5, 0.6) is 0 Å². The second-order valence-corrected chi connectivity index (χ2v) is 3.66. The molecular weight excluding hydrogens is 214 g/mol. The summed E-state index contributed by atoms with van der Waals surface area (Å²) in [5.74, 6) is 0. The highest BCUT2D eigenvalue weighted by atomic mass is 35.5. The lowest BCUT2D eigenvalue weighted by Gasteiger charge is -2.08. The molecule has 0 bridgehead atoms. The molecule has 0 atom stereocenters. The van der Waals surface area contributed by atoms with Crippen molar-refractivity contribution in [3.8, 4) is 0 Å². The Labute approximate surface area is 94.4 Å². The van der Waals surface area contributed by atoms with Gasteiger partial charge in [0.2, 0.25) is 0 Å². The number of aryl methyl sites for hydroxylation is 1. The van der Waals surface area contributed by atoms with Gasteiger partial charge in [0.15, 0.2) is 0 Å². The van der Waals surface area contributed by atoms with Gasteiger partial charge in [-0.1, -0.05) is 18.5 Å². The van der Waals surface area contributed by atoms with Crippen LogP contribution in [0.2, 0.25) is 5.02 Å². The van der Waals surface area contributed by atoms with Gasteiger partial charge in [-0.25, -0.2) is 4.79 Å². The normalized spacial score (nSPS) is 9.80. The minimum absolute atomic E-state index is 0.428. The van der Waals surface area contributed by atoms with Crippen molar-refractivity contribution in [2.24, 2.45) is 0 Å². The smallest absolute Gasteiger partial charge is 0.411 e. The largest absolute Gasteiger partial charge is 0.449 e. The number of anilines is 1. The first kappa shape index (κ1) is 11.9. The van der Waals surface area contributed by atoms with E-state index >= 15 is 0 Å². The van der Waals surface area contributed by atoms with Gasteiger partial charge in [0.25, 0.3) is 0 Å². The van der Waals surface area contributed by atoms with E-state index in [1.54, 1.807) is 18.2 Å². The van der Waals surface area contributed by atoms with Gasteiger partial charge in [0.1, 0.15) is 0 Å². The van der Waals surface area contributed by atoms with E-state index in [9.17, 15) is 4.79 Å². The van der Waals surface area contributed by atoms with Crippen LogP contribution in [-0.4, -0.2) is 12.7 Å². The minimum atomic E-state index is -0.428. The van der Waals surface area contributed by atoms with E-state index in [4.69, 9.17) is 16.3 Å². The maximum Gasteiger partial charge on any atom is 0.411 e. The third kappa shape index (κ3) is 3.80. The third-order valence-electron chi connectivity index (χ3n) is 1.86. The van der Waals surface area contributed by atoms with Crippen LogP contribution in [0, 0.1) is 6.92 Å². The first-order valence-electron chi connectivity index (χ1n) is 4.83. The molecule has 0 heterocycles. The van der Waals surface area contributed by atoms with Crippen molar-refractivity contribution >= 4 is 23.4 Å². The molecule has 0 fully saturated rings. The zero-order valence-electron chi connectivity index (χ0n) is 8.84. The number of hydrogen-bond donors (Lipinski definition) is 1. The molecule has 0 aromatic heterocycles. The van der Waals surface area contributed by atoms with Crippen molar-refractivity contribution in [1.82, 2.24) is 0 Å². The van der Waals surface area contributed by atoms with Crippen LogP contribution >= 0.6 is 11.6 Å². The molecule has 0 spiro atoms. The molecule has 0 radical (unpaired) electrons. The number of nitrogens with one attached hydrogen (secondary N) is 1. The second-order valence-electron chi connectivity index (χ2n) is 3.22. The average molecular weight is 228 g/mol. The summed E-state index contributed by atoms with van der Waals surface area (Å²) in [4.78, 5) is 11.2. The lowest BCUT2D eigenvalue weighted by molar-refractivity contribution is 0.161. The molecule has 0 saturated heterocycles. The molecule has 3 nitrogen and oxygen atoms in total. The summed E-state index contributed by atoms with van der Waals surface area (Å²) < 4.78 is 4.90. The Morgan fingerprint density at radius 1 is 1.53 bits per heavy atom. The second kappa shape index (κ2) is 5.61. The van der Waals surface area contributed by atoms with Crippen LogP contribution in [0.4, 0.5) is 10.5 Å². The molecule has 1 rings (SSSR count). The molecule has 82 valence electrons. The van der Waals surface area contributed by atoms with Crippen LogP contribution in [0.25, 0.3) is 0 Å². The summed E-state index contributed by atoms with van der Waals surface area (Å²) in [6.45, 7) is 4.25. The fourth-order valence-electron chi connectivity index (χ4n) is 1.11. The van der Waals surface area contributed by atoms with Crippen LogP contribution in [0.15, 0.2) is 18.2 Å².